The van der Waals surface area contributed by atoms with E-state index in [9.17, 15) is 4.79 Å². The summed E-state index contributed by atoms with van der Waals surface area (Å²) in [6.45, 7) is 8.78. The van der Waals surface area contributed by atoms with Crippen molar-refractivity contribution in [3.05, 3.63) is 12.7 Å². The molecule has 0 rings (SSSR count). The SMILES string of the molecule is C=CC(=O)NCCCS(C)(C)C(C)CC. The summed E-state index contributed by atoms with van der Waals surface area (Å²) in [7, 11) is -0.492. The molecule has 90 valence electrons. The standard InChI is InChI=1S/C12H25NOS/c1-6-11(3)15(4,5)10-8-9-13-12(14)7-2/h7,11H,2,6,8-10H2,1,3-5H3,(H,13,14). The number of rotatable bonds is 7. The third kappa shape index (κ3) is 5.88. The summed E-state index contributed by atoms with van der Waals surface area (Å²) in [5.41, 5.74) is 0. The largest absolute Gasteiger partial charge is 0.353 e. The molecule has 0 saturated heterocycles. The van der Waals surface area contributed by atoms with Crippen LogP contribution in [0.1, 0.15) is 26.7 Å². The highest BCUT2D eigenvalue weighted by atomic mass is 32.3. The van der Waals surface area contributed by atoms with Gasteiger partial charge in [0.25, 0.3) is 0 Å². The van der Waals surface area contributed by atoms with Crippen LogP contribution < -0.4 is 5.32 Å². The molecule has 0 aromatic heterocycles. The highest BCUT2D eigenvalue weighted by Crippen LogP contribution is 2.46. The lowest BCUT2D eigenvalue weighted by atomic mass is 10.4. The van der Waals surface area contributed by atoms with Crippen LogP contribution in [0.5, 0.6) is 0 Å². The number of carbonyl (C=O) groups is 1. The fourth-order valence-corrected chi connectivity index (χ4v) is 3.57. The minimum atomic E-state index is -0.492. The van der Waals surface area contributed by atoms with Crippen LogP contribution in [0.4, 0.5) is 0 Å². The molecule has 1 N–H and O–H groups in total. The van der Waals surface area contributed by atoms with E-state index in [2.05, 4.69) is 38.3 Å². The van der Waals surface area contributed by atoms with Crippen molar-refractivity contribution in [1.29, 1.82) is 0 Å². The van der Waals surface area contributed by atoms with E-state index in [0.717, 1.165) is 18.2 Å². The zero-order chi connectivity index (χ0) is 11.9. The second-order valence-electron chi connectivity index (χ2n) is 4.40. The zero-order valence-corrected chi connectivity index (χ0v) is 11.3. The van der Waals surface area contributed by atoms with E-state index in [1.54, 1.807) is 0 Å². The third-order valence-corrected chi connectivity index (χ3v) is 6.85. The predicted molar refractivity (Wildman–Crippen MR) is 71.9 cm³/mol. The van der Waals surface area contributed by atoms with Crippen LogP contribution in [0, 0.1) is 0 Å². The highest BCUT2D eigenvalue weighted by Gasteiger charge is 2.17. The maximum absolute atomic E-state index is 10.9. The van der Waals surface area contributed by atoms with E-state index in [1.165, 1.54) is 18.2 Å². The van der Waals surface area contributed by atoms with Gasteiger partial charge in [-0.15, -0.1) is 0 Å². The smallest absolute Gasteiger partial charge is 0.243 e. The van der Waals surface area contributed by atoms with Crippen LogP contribution in [-0.2, 0) is 4.79 Å². The van der Waals surface area contributed by atoms with E-state index in [4.69, 9.17) is 0 Å². The Bertz CT molecular complexity index is 214. The van der Waals surface area contributed by atoms with Crippen LogP contribution >= 0.6 is 10.0 Å². The van der Waals surface area contributed by atoms with Crippen molar-refractivity contribution in [2.75, 3.05) is 24.8 Å². The van der Waals surface area contributed by atoms with Crippen LogP contribution in [0.25, 0.3) is 0 Å². The molecule has 0 heterocycles. The van der Waals surface area contributed by atoms with Crippen molar-refractivity contribution in [3.8, 4) is 0 Å². The minimum absolute atomic E-state index is 0.0636. The predicted octanol–water partition coefficient (Wildman–Crippen LogP) is 2.54. The molecular formula is C12H25NOS. The summed E-state index contributed by atoms with van der Waals surface area (Å²) in [6, 6.07) is 0. The van der Waals surface area contributed by atoms with E-state index in [0.29, 0.717) is 0 Å². The van der Waals surface area contributed by atoms with Crippen molar-refractivity contribution < 1.29 is 4.79 Å². The molecule has 0 spiro atoms. The molecule has 1 amide bonds. The average Bonchev–Trinajstić information content (AvgIpc) is 2.22. The monoisotopic (exact) mass is 231 g/mol. The first-order valence-corrected chi connectivity index (χ1v) is 8.22. The van der Waals surface area contributed by atoms with E-state index >= 15 is 0 Å². The molecule has 3 heteroatoms. The summed E-state index contributed by atoms with van der Waals surface area (Å²) in [5, 5.41) is 3.63. The van der Waals surface area contributed by atoms with Crippen LogP contribution in [0.3, 0.4) is 0 Å². The summed E-state index contributed by atoms with van der Waals surface area (Å²) in [4.78, 5) is 10.9. The molecule has 0 bridgehead atoms. The van der Waals surface area contributed by atoms with Crippen molar-refractivity contribution in [1.82, 2.24) is 5.32 Å². The fourth-order valence-electron chi connectivity index (χ4n) is 1.38. The summed E-state index contributed by atoms with van der Waals surface area (Å²) in [5.74, 6) is 1.17. The first kappa shape index (κ1) is 14.6. The molecule has 2 nitrogen and oxygen atoms in total. The molecular weight excluding hydrogens is 206 g/mol. The lowest BCUT2D eigenvalue weighted by Gasteiger charge is -2.37. The van der Waals surface area contributed by atoms with Gasteiger partial charge in [-0.05, 0) is 42.4 Å². The molecule has 0 aliphatic carbocycles. The topological polar surface area (TPSA) is 29.1 Å². The summed E-state index contributed by atoms with van der Waals surface area (Å²) < 4.78 is 0. The Morgan fingerprint density at radius 1 is 1.53 bits per heavy atom. The van der Waals surface area contributed by atoms with E-state index < -0.39 is 10.0 Å². The molecule has 0 aromatic rings. The van der Waals surface area contributed by atoms with Gasteiger partial charge in [0.15, 0.2) is 0 Å². The van der Waals surface area contributed by atoms with Gasteiger partial charge in [0.1, 0.15) is 0 Å². The van der Waals surface area contributed by atoms with Crippen LogP contribution in [0.2, 0.25) is 0 Å². The van der Waals surface area contributed by atoms with Gasteiger partial charge < -0.3 is 5.32 Å². The molecule has 15 heavy (non-hydrogen) atoms. The van der Waals surface area contributed by atoms with Gasteiger partial charge in [0.05, 0.1) is 0 Å². The molecule has 1 atom stereocenters. The number of carbonyl (C=O) groups excluding carboxylic acids is 1. The molecule has 0 fully saturated rings. The molecule has 0 aromatic carbocycles. The van der Waals surface area contributed by atoms with Crippen molar-refractivity contribution >= 4 is 15.9 Å². The molecule has 0 saturated carbocycles. The average molecular weight is 231 g/mol. The Morgan fingerprint density at radius 3 is 2.60 bits per heavy atom. The van der Waals surface area contributed by atoms with Gasteiger partial charge in [0.2, 0.25) is 5.91 Å². The van der Waals surface area contributed by atoms with Gasteiger partial charge in [-0.2, -0.15) is 0 Å². The summed E-state index contributed by atoms with van der Waals surface area (Å²) >= 11 is 0. The number of nitrogens with one attached hydrogen (secondary N) is 1. The lowest BCUT2D eigenvalue weighted by Crippen LogP contribution is -2.24. The second kappa shape index (κ2) is 6.94. The van der Waals surface area contributed by atoms with Crippen molar-refractivity contribution in [2.45, 2.75) is 31.9 Å². The van der Waals surface area contributed by atoms with E-state index in [-0.39, 0.29) is 5.91 Å². The molecule has 0 aliphatic heterocycles. The Labute approximate surface area is 95.8 Å². The normalized spacial score (nSPS) is 14.4. The minimum Gasteiger partial charge on any atom is -0.353 e. The Kier molecular flexibility index (Phi) is 6.73. The fraction of sp³-hybridized carbons (Fsp3) is 0.750. The van der Waals surface area contributed by atoms with Gasteiger partial charge in [-0.25, -0.2) is 10.0 Å². The van der Waals surface area contributed by atoms with Gasteiger partial charge >= 0.3 is 0 Å². The summed E-state index contributed by atoms with van der Waals surface area (Å²) in [6.07, 6.45) is 8.42. The maximum Gasteiger partial charge on any atom is 0.243 e. The van der Waals surface area contributed by atoms with Gasteiger partial charge in [-0.1, -0.05) is 20.4 Å². The second-order valence-corrected chi connectivity index (χ2v) is 8.86. The van der Waals surface area contributed by atoms with Gasteiger partial charge in [-0.3, -0.25) is 4.79 Å². The molecule has 1 unspecified atom stereocenters. The maximum atomic E-state index is 10.9. The van der Waals surface area contributed by atoms with Crippen molar-refractivity contribution in [3.63, 3.8) is 0 Å². The lowest BCUT2D eigenvalue weighted by molar-refractivity contribution is -0.116. The first-order chi connectivity index (χ1) is 6.94. The van der Waals surface area contributed by atoms with Crippen LogP contribution in [-0.4, -0.2) is 36.0 Å². The number of amides is 1. The molecule has 0 radical (unpaired) electrons. The molecule has 0 aliphatic rings. The van der Waals surface area contributed by atoms with Crippen LogP contribution in [0.15, 0.2) is 12.7 Å². The van der Waals surface area contributed by atoms with Crippen molar-refractivity contribution in [2.24, 2.45) is 0 Å². The van der Waals surface area contributed by atoms with Gasteiger partial charge in [0, 0.05) is 6.54 Å². The van der Waals surface area contributed by atoms with E-state index in [1.807, 2.05) is 0 Å². The zero-order valence-electron chi connectivity index (χ0n) is 10.5. The number of hydrogen-bond donors (Lipinski definition) is 1. The Morgan fingerprint density at radius 2 is 2.13 bits per heavy atom. The third-order valence-electron chi connectivity index (χ3n) is 3.00. The highest BCUT2D eigenvalue weighted by molar-refractivity contribution is 8.33. The quantitative estimate of drug-likeness (QED) is 0.529. The Balaban J connectivity index is 3.75. The number of hydrogen-bond acceptors (Lipinski definition) is 1. The Hall–Kier alpha value is -0.440. The first-order valence-electron chi connectivity index (χ1n) is 5.54.